The lowest BCUT2D eigenvalue weighted by molar-refractivity contribution is 0.0915. The number of benzene rings is 1. The number of nitrogens with zero attached hydrogens (tertiary/aromatic N) is 4. The molecule has 1 aliphatic rings. The molecule has 0 saturated carbocycles. The van der Waals surface area contributed by atoms with Crippen LogP contribution in [0.25, 0.3) is 0 Å². The van der Waals surface area contributed by atoms with E-state index in [1.165, 1.54) is 23.6 Å². The van der Waals surface area contributed by atoms with Crippen LogP contribution >= 0.6 is 0 Å². The van der Waals surface area contributed by atoms with Crippen LogP contribution in [0.15, 0.2) is 29.1 Å². The first-order valence-corrected chi connectivity index (χ1v) is 7.44. The molecule has 0 aliphatic carbocycles. The van der Waals surface area contributed by atoms with E-state index in [4.69, 9.17) is 0 Å². The van der Waals surface area contributed by atoms with Crippen molar-refractivity contribution in [2.75, 3.05) is 18.0 Å². The van der Waals surface area contributed by atoms with E-state index in [1.807, 2.05) is 0 Å². The molecule has 1 aromatic heterocycles. The van der Waals surface area contributed by atoms with Crippen LogP contribution in [0.1, 0.15) is 17.4 Å². The molecule has 0 fully saturated rings. The summed E-state index contributed by atoms with van der Waals surface area (Å²) < 4.78 is 14.4. The molecule has 2 heterocycles. The number of halogens is 1. The van der Waals surface area contributed by atoms with Crippen LogP contribution in [0.4, 0.5) is 16.0 Å². The SMILES string of the molecule is C[C@@H](O)CNC(=O)c1nnc2n(c1=O)CCN2c1ccc(F)cc1. The summed E-state index contributed by atoms with van der Waals surface area (Å²) in [7, 11) is 0. The molecule has 1 amide bonds. The van der Waals surface area contributed by atoms with Gasteiger partial charge in [0.05, 0.1) is 6.10 Å². The Balaban J connectivity index is 1.89. The lowest BCUT2D eigenvalue weighted by Gasteiger charge is -2.16. The number of hydrogen-bond donors (Lipinski definition) is 2. The minimum atomic E-state index is -0.729. The zero-order valence-corrected chi connectivity index (χ0v) is 12.9. The zero-order valence-electron chi connectivity index (χ0n) is 12.9. The summed E-state index contributed by atoms with van der Waals surface area (Å²) >= 11 is 0. The van der Waals surface area contributed by atoms with E-state index >= 15 is 0 Å². The molecule has 2 aromatic rings. The second-order valence-electron chi connectivity index (χ2n) is 5.49. The molecule has 9 heteroatoms. The van der Waals surface area contributed by atoms with Crippen molar-refractivity contribution in [3.8, 4) is 0 Å². The third-order valence-electron chi connectivity index (χ3n) is 3.63. The van der Waals surface area contributed by atoms with Crippen LogP contribution in [-0.4, -0.2) is 45.0 Å². The van der Waals surface area contributed by atoms with Gasteiger partial charge in [-0.05, 0) is 31.2 Å². The molecule has 0 radical (unpaired) electrons. The Bertz CT molecular complexity index is 819. The van der Waals surface area contributed by atoms with Crippen molar-refractivity contribution in [1.29, 1.82) is 0 Å². The van der Waals surface area contributed by atoms with Crippen molar-refractivity contribution in [1.82, 2.24) is 20.1 Å². The van der Waals surface area contributed by atoms with Gasteiger partial charge in [0.1, 0.15) is 5.82 Å². The molecule has 1 aromatic carbocycles. The molecular weight excluding hydrogens is 317 g/mol. The Labute approximate surface area is 136 Å². The van der Waals surface area contributed by atoms with Crippen LogP contribution in [0.3, 0.4) is 0 Å². The first kappa shape index (κ1) is 16.1. The Morgan fingerprint density at radius 2 is 2.04 bits per heavy atom. The number of carbonyl (C=O) groups is 1. The van der Waals surface area contributed by atoms with Gasteiger partial charge in [0.25, 0.3) is 11.5 Å². The molecule has 24 heavy (non-hydrogen) atoms. The molecule has 0 saturated heterocycles. The molecule has 0 unspecified atom stereocenters. The van der Waals surface area contributed by atoms with E-state index in [2.05, 4.69) is 15.5 Å². The minimum absolute atomic E-state index is 0.0173. The second kappa shape index (κ2) is 6.36. The Kier molecular flexibility index (Phi) is 4.26. The normalized spacial score (nSPS) is 14.4. The summed E-state index contributed by atoms with van der Waals surface area (Å²) in [5.41, 5.74) is -0.185. The highest BCUT2D eigenvalue weighted by atomic mass is 19.1. The summed E-state index contributed by atoms with van der Waals surface area (Å²) in [5, 5.41) is 19.3. The first-order chi connectivity index (χ1) is 11.5. The van der Waals surface area contributed by atoms with Gasteiger partial charge < -0.3 is 15.3 Å². The fourth-order valence-electron chi connectivity index (χ4n) is 2.44. The van der Waals surface area contributed by atoms with E-state index in [0.717, 1.165) is 0 Å². The molecule has 3 rings (SSSR count). The van der Waals surface area contributed by atoms with Gasteiger partial charge in [-0.2, -0.15) is 0 Å². The lowest BCUT2D eigenvalue weighted by atomic mass is 10.3. The van der Waals surface area contributed by atoms with E-state index in [1.54, 1.807) is 17.0 Å². The van der Waals surface area contributed by atoms with Crippen LogP contribution in [-0.2, 0) is 6.54 Å². The number of carbonyl (C=O) groups excluding carboxylic acids is 1. The smallest absolute Gasteiger partial charge is 0.286 e. The fraction of sp³-hybridized carbons (Fsp3) is 0.333. The maximum absolute atomic E-state index is 13.0. The van der Waals surface area contributed by atoms with Crippen molar-refractivity contribution in [2.24, 2.45) is 0 Å². The van der Waals surface area contributed by atoms with E-state index in [9.17, 15) is 19.1 Å². The highest BCUT2D eigenvalue weighted by Gasteiger charge is 2.27. The summed E-state index contributed by atoms with van der Waals surface area (Å²) in [6, 6.07) is 5.81. The minimum Gasteiger partial charge on any atom is -0.392 e. The molecule has 8 nitrogen and oxygen atoms in total. The maximum atomic E-state index is 13.0. The van der Waals surface area contributed by atoms with Crippen molar-refractivity contribution in [3.63, 3.8) is 0 Å². The van der Waals surface area contributed by atoms with Gasteiger partial charge >= 0.3 is 0 Å². The highest BCUT2D eigenvalue weighted by Crippen LogP contribution is 2.26. The number of rotatable bonds is 4. The largest absolute Gasteiger partial charge is 0.392 e. The van der Waals surface area contributed by atoms with Gasteiger partial charge in [-0.1, -0.05) is 0 Å². The third kappa shape index (κ3) is 2.98. The fourth-order valence-corrected chi connectivity index (χ4v) is 2.44. The van der Waals surface area contributed by atoms with Crippen molar-refractivity contribution < 1.29 is 14.3 Å². The number of hydrogen-bond acceptors (Lipinski definition) is 6. The zero-order chi connectivity index (χ0) is 17.3. The summed E-state index contributed by atoms with van der Waals surface area (Å²) in [6.45, 7) is 2.34. The molecule has 1 atom stereocenters. The van der Waals surface area contributed by atoms with Gasteiger partial charge in [-0.25, -0.2) is 4.39 Å². The van der Waals surface area contributed by atoms with Crippen LogP contribution in [0, 0.1) is 5.82 Å². The number of anilines is 2. The topological polar surface area (TPSA) is 100 Å². The molecular formula is C15H16FN5O3. The highest BCUT2D eigenvalue weighted by molar-refractivity contribution is 5.91. The van der Waals surface area contributed by atoms with Crippen LogP contribution < -0.4 is 15.8 Å². The third-order valence-corrected chi connectivity index (χ3v) is 3.63. The van der Waals surface area contributed by atoms with E-state index in [0.29, 0.717) is 24.7 Å². The summed E-state index contributed by atoms with van der Waals surface area (Å²) in [5.74, 6) is -0.728. The number of fused-ring (bicyclic) bond motifs is 1. The standard InChI is InChI=1S/C15H16FN5O3/c1-9(22)8-17-13(23)12-14(24)21-7-6-20(15(21)19-18-12)11-4-2-10(16)3-5-11/h2-5,9,22H,6-8H2,1H3,(H,17,23)/t9-/m1/s1. The Hall–Kier alpha value is -2.81. The Morgan fingerprint density at radius 3 is 2.71 bits per heavy atom. The van der Waals surface area contributed by atoms with E-state index < -0.39 is 17.6 Å². The predicted octanol–water partition coefficient (Wildman–Crippen LogP) is 0.0397. The average Bonchev–Trinajstić information content (AvgIpc) is 2.98. The quantitative estimate of drug-likeness (QED) is 0.819. The van der Waals surface area contributed by atoms with Gasteiger partial charge in [0, 0.05) is 25.3 Å². The number of aliphatic hydroxyl groups excluding tert-OH is 1. The number of aliphatic hydroxyl groups is 1. The number of aromatic nitrogens is 3. The molecule has 0 spiro atoms. The predicted molar refractivity (Wildman–Crippen MR) is 83.7 cm³/mol. The second-order valence-corrected chi connectivity index (χ2v) is 5.49. The monoisotopic (exact) mass is 333 g/mol. The molecule has 2 N–H and O–H groups in total. The van der Waals surface area contributed by atoms with Gasteiger partial charge in [-0.3, -0.25) is 14.2 Å². The number of nitrogens with one attached hydrogen (secondary N) is 1. The molecule has 1 aliphatic heterocycles. The van der Waals surface area contributed by atoms with Gasteiger partial charge in [0.15, 0.2) is 0 Å². The van der Waals surface area contributed by atoms with Gasteiger partial charge in [0.2, 0.25) is 11.6 Å². The molecule has 126 valence electrons. The summed E-state index contributed by atoms with van der Waals surface area (Å²) in [6.07, 6.45) is -0.729. The van der Waals surface area contributed by atoms with E-state index in [-0.39, 0.29) is 18.1 Å². The van der Waals surface area contributed by atoms with Crippen LogP contribution in [0.2, 0.25) is 0 Å². The van der Waals surface area contributed by atoms with Crippen molar-refractivity contribution >= 4 is 17.5 Å². The summed E-state index contributed by atoms with van der Waals surface area (Å²) in [4.78, 5) is 26.1. The molecule has 0 bridgehead atoms. The van der Waals surface area contributed by atoms with Crippen molar-refractivity contribution in [2.45, 2.75) is 19.6 Å². The van der Waals surface area contributed by atoms with Gasteiger partial charge in [-0.15, -0.1) is 10.2 Å². The van der Waals surface area contributed by atoms with Crippen molar-refractivity contribution in [3.05, 3.63) is 46.1 Å². The maximum Gasteiger partial charge on any atom is 0.286 e. The Morgan fingerprint density at radius 1 is 1.33 bits per heavy atom. The first-order valence-electron chi connectivity index (χ1n) is 7.44. The lowest BCUT2D eigenvalue weighted by Crippen LogP contribution is -2.37. The average molecular weight is 333 g/mol. The number of amides is 1. The van der Waals surface area contributed by atoms with Crippen LogP contribution in [0.5, 0.6) is 0 Å².